The SMILES string of the molecule is CN=C(NCCCOc1ccccc1C)N1CCC(CN2CCCCC2)C1.I. The maximum Gasteiger partial charge on any atom is 0.193 e. The molecule has 0 bridgehead atoms. The molecule has 2 fully saturated rings. The first kappa shape index (κ1) is 23.3. The Kier molecular flexibility index (Phi) is 10.4. The molecule has 1 atom stereocenters. The van der Waals surface area contributed by atoms with E-state index in [1.165, 1.54) is 50.9 Å². The number of hydrogen-bond acceptors (Lipinski definition) is 3. The number of likely N-dealkylation sites (tertiary alicyclic amines) is 2. The highest BCUT2D eigenvalue weighted by Crippen LogP contribution is 2.20. The van der Waals surface area contributed by atoms with Crippen molar-refractivity contribution in [2.45, 2.75) is 39.0 Å². The summed E-state index contributed by atoms with van der Waals surface area (Å²) in [7, 11) is 1.89. The number of hydrogen-bond donors (Lipinski definition) is 1. The summed E-state index contributed by atoms with van der Waals surface area (Å²) >= 11 is 0. The maximum absolute atomic E-state index is 5.88. The number of halogens is 1. The number of aliphatic imine (C=N–C) groups is 1. The zero-order chi connectivity index (χ0) is 18.9. The molecule has 1 aromatic carbocycles. The van der Waals surface area contributed by atoms with Crippen LogP contribution in [0.2, 0.25) is 0 Å². The van der Waals surface area contributed by atoms with Crippen LogP contribution in [0.3, 0.4) is 0 Å². The van der Waals surface area contributed by atoms with E-state index in [2.05, 4.69) is 33.1 Å². The van der Waals surface area contributed by atoms with Crippen molar-refractivity contribution in [1.82, 2.24) is 15.1 Å². The van der Waals surface area contributed by atoms with E-state index in [1.54, 1.807) is 0 Å². The van der Waals surface area contributed by atoms with Crippen LogP contribution in [-0.2, 0) is 0 Å². The van der Waals surface area contributed by atoms with Crippen molar-refractivity contribution in [1.29, 1.82) is 0 Å². The van der Waals surface area contributed by atoms with Crippen molar-refractivity contribution in [2.24, 2.45) is 10.9 Å². The van der Waals surface area contributed by atoms with E-state index in [4.69, 9.17) is 4.74 Å². The third-order valence-corrected chi connectivity index (χ3v) is 5.72. The first-order valence-corrected chi connectivity index (χ1v) is 10.6. The van der Waals surface area contributed by atoms with E-state index < -0.39 is 0 Å². The zero-order valence-corrected chi connectivity index (χ0v) is 19.9. The molecule has 0 spiro atoms. The molecule has 0 aromatic heterocycles. The van der Waals surface area contributed by atoms with Crippen molar-refractivity contribution >= 4 is 29.9 Å². The lowest BCUT2D eigenvalue weighted by Crippen LogP contribution is -2.41. The third kappa shape index (κ3) is 7.10. The van der Waals surface area contributed by atoms with E-state index >= 15 is 0 Å². The first-order chi connectivity index (χ1) is 13.3. The van der Waals surface area contributed by atoms with Gasteiger partial charge < -0.3 is 19.9 Å². The minimum absolute atomic E-state index is 0. The molecule has 3 rings (SSSR count). The van der Waals surface area contributed by atoms with Crippen molar-refractivity contribution in [3.8, 4) is 5.75 Å². The summed E-state index contributed by atoms with van der Waals surface area (Å²) in [6.45, 7) is 9.82. The summed E-state index contributed by atoms with van der Waals surface area (Å²) < 4.78 is 5.88. The third-order valence-electron chi connectivity index (χ3n) is 5.72. The van der Waals surface area contributed by atoms with Gasteiger partial charge in [0.1, 0.15) is 5.75 Å². The standard InChI is InChI=1S/C22H36N4O.HI/c1-19-9-4-5-10-21(19)27-16-8-12-24-22(23-2)26-15-11-20(18-26)17-25-13-6-3-7-14-25;/h4-5,9-10,20H,3,6-8,11-18H2,1-2H3,(H,23,24);1H. The first-order valence-electron chi connectivity index (χ1n) is 10.6. The summed E-state index contributed by atoms with van der Waals surface area (Å²) in [5.74, 6) is 2.82. The van der Waals surface area contributed by atoms with Crippen LogP contribution in [0.15, 0.2) is 29.3 Å². The second-order valence-electron chi connectivity index (χ2n) is 7.90. The summed E-state index contributed by atoms with van der Waals surface area (Å²) in [6, 6.07) is 8.19. The van der Waals surface area contributed by atoms with Crippen LogP contribution >= 0.6 is 24.0 Å². The van der Waals surface area contributed by atoms with Gasteiger partial charge in [0.15, 0.2) is 5.96 Å². The Labute approximate surface area is 187 Å². The molecule has 0 aliphatic carbocycles. The fourth-order valence-corrected chi connectivity index (χ4v) is 4.19. The molecule has 1 aromatic rings. The molecule has 0 radical (unpaired) electrons. The van der Waals surface area contributed by atoms with Crippen molar-refractivity contribution in [3.05, 3.63) is 29.8 Å². The average Bonchev–Trinajstić information content (AvgIpc) is 3.15. The van der Waals surface area contributed by atoms with Crippen LogP contribution in [0, 0.1) is 12.8 Å². The van der Waals surface area contributed by atoms with Crippen molar-refractivity contribution < 1.29 is 4.74 Å². The number of rotatable bonds is 7. The molecule has 2 aliphatic heterocycles. The van der Waals surface area contributed by atoms with Crippen LogP contribution in [0.5, 0.6) is 5.75 Å². The molecule has 6 heteroatoms. The highest BCUT2D eigenvalue weighted by atomic mass is 127. The Morgan fingerprint density at radius 3 is 2.71 bits per heavy atom. The van der Waals surface area contributed by atoms with Gasteiger partial charge in [-0.15, -0.1) is 24.0 Å². The van der Waals surface area contributed by atoms with E-state index in [0.29, 0.717) is 0 Å². The predicted octanol–water partition coefficient (Wildman–Crippen LogP) is 3.77. The molecular formula is C22H37IN4O. The summed E-state index contributed by atoms with van der Waals surface area (Å²) in [5, 5.41) is 3.52. The minimum atomic E-state index is 0. The van der Waals surface area contributed by atoms with Gasteiger partial charge in [-0.1, -0.05) is 24.6 Å². The number of ether oxygens (including phenoxy) is 1. The lowest BCUT2D eigenvalue weighted by Gasteiger charge is -2.29. The minimum Gasteiger partial charge on any atom is -0.493 e. The van der Waals surface area contributed by atoms with Gasteiger partial charge in [-0.05, 0) is 63.2 Å². The Morgan fingerprint density at radius 2 is 1.96 bits per heavy atom. The van der Waals surface area contributed by atoms with Crippen LogP contribution in [-0.4, -0.2) is 68.7 Å². The van der Waals surface area contributed by atoms with Crippen LogP contribution < -0.4 is 10.1 Å². The maximum atomic E-state index is 5.88. The van der Waals surface area contributed by atoms with Crippen LogP contribution in [0.1, 0.15) is 37.7 Å². The topological polar surface area (TPSA) is 40.1 Å². The number of piperidine rings is 1. The van der Waals surface area contributed by atoms with E-state index in [-0.39, 0.29) is 24.0 Å². The molecule has 5 nitrogen and oxygen atoms in total. The number of benzene rings is 1. The monoisotopic (exact) mass is 500 g/mol. The Morgan fingerprint density at radius 1 is 1.18 bits per heavy atom. The predicted molar refractivity (Wildman–Crippen MR) is 128 cm³/mol. The molecule has 2 saturated heterocycles. The lowest BCUT2D eigenvalue weighted by molar-refractivity contribution is 0.198. The molecule has 1 N–H and O–H groups in total. The molecular weight excluding hydrogens is 463 g/mol. The quantitative estimate of drug-likeness (QED) is 0.268. The summed E-state index contributed by atoms with van der Waals surface area (Å²) in [4.78, 5) is 9.59. The highest BCUT2D eigenvalue weighted by molar-refractivity contribution is 14.0. The van der Waals surface area contributed by atoms with E-state index in [9.17, 15) is 0 Å². The molecule has 0 amide bonds. The lowest BCUT2D eigenvalue weighted by atomic mass is 10.1. The molecule has 28 heavy (non-hydrogen) atoms. The zero-order valence-electron chi connectivity index (χ0n) is 17.5. The second-order valence-corrected chi connectivity index (χ2v) is 7.90. The number of nitrogens with zero attached hydrogens (tertiary/aromatic N) is 3. The molecule has 1 unspecified atom stereocenters. The van der Waals surface area contributed by atoms with Gasteiger partial charge in [0.05, 0.1) is 6.61 Å². The molecule has 2 heterocycles. The van der Waals surface area contributed by atoms with E-state index in [1.807, 2.05) is 25.2 Å². The molecule has 0 saturated carbocycles. The fourth-order valence-electron chi connectivity index (χ4n) is 4.19. The fraction of sp³-hybridized carbons (Fsp3) is 0.682. The van der Waals surface area contributed by atoms with Gasteiger partial charge in [-0.25, -0.2) is 0 Å². The molecule has 158 valence electrons. The largest absolute Gasteiger partial charge is 0.493 e. The Balaban J connectivity index is 0.00000280. The normalized spacial score (nSPS) is 20.7. The highest BCUT2D eigenvalue weighted by Gasteiger charge is 2.26. The average molecular weight is 500 g/mol. The van der Waals surface area contributed by atoms with Crippen molar-refractivity contribution in [3.63, 3.8) is 0 Å². The van der Waals surface area contributed by atoms with Crippen LogP contribution in [0.4, 0.5) is 0 Å². The summed E-state index contributed by atoms with van der Waals surface area (Å²) in [6.07, 6.45) is 6.43. The van der Waals surface area contributed by atoms with Gasteiger partial charge in [0.2, 0.25) is 0 Å². The number of guanidine groups is 1. The van der Waals surface area contributed by atoms with Crippen molar-refractivity contribution in [2.75, 3.05) is 52.9 Å². The van der Waals surface area contributed by atoms with Gasteiger partial charge in [0, 0.05) is 33.2 Å². The van der Waals surface area contributed by atoms with Crippen LogP contribution in [0.25, 0.3) is 0 Å². The van der Waals surface area contributed by atoms with Gasteiger partial charge >= 0.3 is 0 Å². The number of aryl methyl sites for hydroxylation is 1. The van der Waals surface area contributed by atoms with Gasteiger partial charge in [0.25, 0.3) is 0 Å². The Hall–Kier alpha value is -1.02. The molecule has 2 aliphatic rings. The second kappa shape index (κ2) is 12.5. The van der Waals surface area contributed by atoms with Gasteiger partial charge in [-0.2, -0.15) is 0 Å². The summed E-state index contributed by atoms with van der Waals surface area (Å²) in [5.41, 5.74) is 1.19. The number of para-hydroxylation sites is 1. The smallest absolute Gasteiger partial charge is 0.193 e. The Bertz CT molecular complexity index is 604. The number of nitrogens with one attached hydrogen (secondary N) is 1. The van der Waals surface area contributed by atoms with E-state index in [0.717, 1.165) is 50.3 Å². The van der Waals surface area contributed by atoms with Gasteiger partial charge in [-0.3, -0.25) is 4.99 Å².